The van der Waals surface area contributed by atoms with Crippen molar-refractivity contribution in [2.24, 2.45) is 5.73 Å². The molecule has 1 aromatic heterocycles. The number of rotatable bonds is 2. The first-order valence-electron chi connectivity index (χ1n) is 5.62. The summed E-state index contributed by atoms with van der Waals surface area (Å²) >= 11 is 6.11. The Morgan fingerprint density at radius 3 is 2.74 bits per heavy atom. The topological polar surface area (TPSA) is 80.6 Å². The zero-order chi connectivity index (χ0) is 13.4. The lowest BCUT2D eigenvalue weighted by molar-refractivity contribution is 0.822. The van der Waals surface area contributed by atoms with Crippen LogP contribution in [-0.4, -0.2) is 20.8 Å². The van der Waals surface area contributed by atoms with E-state index in [-0.39, 0.29) is 5.84 Å². The normalized spacial score (nSPS) is 10.8. The largest absolute Gasteiger partial charge is 0.384 e. The first-order chi connectivity index (χ1) is 9.18. The molecular formula is C13H10ClN5. The molecule has 3 aromatic rings. The molecule has 0 aliphatic carbocycles. The van der Waals surface area contributed by atoms with Crippen molar-refractivity contribution in [3.8, 4) is 5.69 Å². The summed E-state index contributed by atoms with van der Waals surface area (Å²) < 4.78 is 1.64. The van der Waals surface area contributed by atoms with E-state index in [0.29, 0.717) is 16.3 Å². The quantitative estimate of drug-likeness (QED) is 0.554. The van der Waals surface area contributed by atoms with Crippen LogP contribution in [0.25, 0.3) is 16.7 Å². The van der Waals surface area contributed by atoms with Gasteiger partial charge in [-0.3, -0.25) is 5.41 Å². The number of nitrogen functional groups attached to an aromatic ring is 1. The summed E-state index contributed by atoms with van der Waals surface area (Å²) in [6.07, 6.45) is 0. The highest BCUT2D eigenvalue weighted by Gasteiger charge is 2.14. The zero-order valence-corrected chi connectivity index (χ0v) is 10.6. The van der Waals surface area contributed by atoms with Gasteiger partial charge in [0.15, 0.2) is 0 Å². The third kappa shape index (κ3) is 1.84. The van der Waals surface area contributed by atoms with Crippen LogP contribution in [-0.2, 0) is 0 Å². The summed E-state index contributed by atoms with van der Waals surface area (Å²) in [5.74, 6) is -0.0971. The number of para-hydroxylation sites is 1. The summed E-state index contributed by atoms with van der Waals surface area (Å²) in [6, 6.07) is 12.9. The number of amidine groups is 1. The lowest BCUT2D eigenvalue weighted by atomic mass is 10.1. The molecule has 0 unspecified atom stereocenters. The molecule has 0 amide bonds. The molecule has 3 rings (SSSR count). The van der Waals surface area contributed by atoms with Crippen LogP contribution in [0.4, 0.5) is 0 Å². The molecule has 0 spiro atoms. The Kier molecular flexibility index (Phi) is 2.68. The van der Waals surface area contributed by atoms with Crippen molar-refractivity contribution in [2.45, 2.75) is 0 Å². The lowest BCUT2D eigenvalue weighted by Gasteiger charge is -2.10. The van der Waals surface area contributed by atoms with Gasteiger partial charge in [0, 0.05) is 0 Å². The fourth-order valence-corrected chi connectivity index (χ4v) is 2.27. The first-order valence-corrected chi connectivity index (χ1v) is 6.00. The van der Waals surface area contributed by atoms with Gasteiger partial charge in [0.1, 0.15) is 11.4 Å². The van der Waals surface area contributed by atoms with Crippen LogP contribution >= 0.6 is 11.6 Å². The molecule has 6 heteroatoms. The number of hydrogen-bond donors (Lipinski definition) is 2. The fourth-order valence-electron chi connectivity index (χ4n) is 2.00. The molecule has 0 radical (unpaired) electrons. The van der Waals surface area contributed by atoms with E-state index in [0.717, 1.165) is 11.0 Å². The highest BCUT2D eigenvalue weighted by Crippen LogP contribution is 2.24. The Morgan fingerprint density at radius 1 is 1.16 bits per heavy atom. The Labute approximate surface area is 114 Å². The van der Waals surface area contributed by atoms with E-state index in [1.165, 1.54) is 0 Å². The van der Waals surface area contributed by atoms with E-state index in [1.807, 2.05) is 30.3 Å². The van der Waals surface area contributed by atoms with Gasteiger partial charge in [0.05, 0.1) is 21.8 Å². The van der Waals surface area contributed by atoms with E-state index in [2.05, 4.69) is 10.3 Å². The number of nitrogens with one attached hydrogen (secondary N) is 1. The smallest absolute Gasteiger partial charge is 0.126 e. The van der Waals surface area contributed by atoms with E-state index in [9.17, 15) is 0 Å². The van der Waals surface area contributed by atoms with Crippen LogP contribution in [0.15, 0.2) is 42.5 Å². The van der Waals surface area contributed by atoms with Crippen LogP contribution in [0.2, 0.25) is 5.02 Å². The van der Waals surface area contributed by atoms with Crippen LogP contribution in [0.3, 0.4) is 0 Å². The van der Waals surface area contributed by atoms with Crippen LogP contribution in [0, 0.1) is 5.41 Å². The highest BCUT2D eigenvalue weighted by atomic mass is 35.5. The Morgan fingerprint density at radius 2 is 1.95 bits per heavy atom. The maximum absolute atomic E-state index is 7.66. The van der Waals surface area contributed by atoms with Crippen LogP contribution in [0.1, 0.15) is 5.56 Å². The van der Waals surface area contributed by atoms with Crippen LogP contribution < -0.4 is 5.73 Å². The third-order valence-corrected chi connectivity index (χ3v) is 3.16. The first kappa shape index (κ1) is 11.7. The van der Waals surface area contributed by atoms with Gasteiger partial charge in [0.25, 0.3) is 0 Å². The molecule has 19 heavy (non-hydrogen) atoms. The molecule has 2 aromatic carbocycles. The maximum atomic E-state index is 7.66. The van der Waals surface area contributed by atoms with Crippen molar-refractivity contribution < 1.29 is 0 Å². The van der Waals surface area contributed by atoms with Crippen molar-refractivity contribution in [3.05, 3.63) is 53.1 Å². The zero-order valence-electron chi connectivity index (χ0n) is 9.84. The molecular weight excluding hydrogens is 262 g/mol. The summed E-state index contributed by atoms with van der Waals surface area (Å²) in [5.41, 5.74) is 8.32. The third-order valence-electron chi connectivity index (χ3n) is 2.84. The number of hydrogen-bond acceptors (Lipinski definition) is 3. The lowest BCUT2D eigenvalue weighted by Crippen LogP contribution is -2.16. The standard InChI is InChI=1S/C13H10ClN5/c14-8-4-3-7-11(12(8)13(15)16)19-10-6-2-1-5-9(10)17-18-19/h1-7H,(H3,15,16). The van der Waals surface area contributed by atoms with Gasteiger partial charge in [-0.15, -0.1) is 5.10 Å². The molecule has 5 nitrogen and oxygen atoms in total. The predicted molar refractivity (Wildman–Crippen MR) is 74.9 cm³/mol. The second-order valence-electron chi connectivity index (χ2n) is 4.04. The summed E-state index contributed by atoms with van der Waals surface area (Å²) in [6.45, 7) is 0. The average Bonchev–Trinajstić information content (AvgIpc) is 2.81. The van der Waals surface area contributed by atoms with Gasteiger partial charge < -0.3 is 5.73 Å². The van der Waals surface area contributed by atoms with E-state index >= 15 is 0 Å². The molecule has 1 heterocycles. The van der Waals surface area contributed by atoms with Gasteiger partial charge in [-0.1, -0.05) is 35.0 Å². The van der Waals surface area contributed by atoms with Crippen molar-refractivity contribution in [2.75, 3.05) is 0 Å². The molecule has 0 aliphatic rings. The number of fused-ring (bicyclic) bond motifs is 1. The van der Waals surface area contributed by atoms with Crippen molar-refractivity contribution in [1.29, 1.82) is 5.41 Å². The van der Waals surface area contributed by atoms with Crippen molar-refractivity contribution >= 4 is 28.5 Å². The molecule has 0 aliphatic heterocycles. The average molecular weight is 272 g/mol. The number of nitrogens with two attached hydrogens (primary N) is 1. The molecule has 0 saturated carbocycles. The molecule has 0 saturated heterocycles. The molecule has 94 valence electrons. The predicted octanol–water partition coefficient (Wildman–Crippen LogP) is 2.36. The van der Waals surface area contributed by atoms with Gasteiger partial charge in [-0.2, -0.15) is 0 Å². The monoisotopic (exact) mass is 271 g/mol. The Bertz CT molecular complexity index is 778. The minimum atomic E-state index is -0.0971. The minimum absolute atomic E-state index is 0.0971. The van der Waals surface area contributed by atoms with Crippen molar-refractivity contribution in [1.82, 2.24) is 15.0 Å². The SMILES string of the molecule is N=C(N)c1c(Cl)cccc1-n1nnc2ccccc21. The Hall–Kier alpha value is -2.40. The minimum Gasteiger partial charge on any atom is -0.384 e. The molecule has 0 atom stereocenters. The second kappa shape index (κ2) is 4.37. The molecule has 0 bridgehead atoms. The maximum Gasteiger partial charge on any atom is 0.126 e. The Balaban J connectivity index is 2.33. The van der Waals surface area contributed by atoms with Gasteiger partial charge in [-0.05, 0) is 24.3 Å². The number of nitrogens with zero attached hydrogens (tertiary/aromatic N) is 3. The van der Waals surface area contributed by atoms with Crippen LogP contribution in [0.5, 0.6) is 0 Å². The fraction of sp³-hybridized carbons (Fsp3) is 0. The van der Waals surface area contributed by atoms with Crippen molar-refractivity contribution in [3.63, 3.8) is 0 Å². The van der Waals surface area contributed by atoms with Gasteiger partial charge in [-0.25, -0.2) is 4.68 Å². The number of aromatic nitrogens is 3. The van der Waals surface area contributed by atoms with Gasteiger partial charge >= 0.3 is 0 Å². The van der Waals surface area contributed by atoms with E-state index in [4.69, 9.17) is 22.7 Å². The molecule has 3 N–H and O–H groups in total. The summed E-state index contributed by atoms with van der Waals surface area (Å²) in [4.78, 5) is 0. The van der Waals surface area contributed by atoms with Gasteiger partial charge in [0.2, 0.25) is 0 Å². The summed E-state index contributed by atoms with van der Waals surface area (Å²) in [7, 11) is 0. The van der Waals surface area contributed by atoms with E-state index in [1.54, 1.807) is 16.8 Å². The number of benzene rings is 2. The second-order valence-corrected chi connectivity index (χ2v) is 4.44. The molecule has 0 fully saturated rings. The summed E-state index contributed by atoms with van der Waals surface area (Å²) in [5, 5.41) is 16.3. The van der Waals surface area contributed by atoms with E-state index < -0.39 is 0 Å². The number of halogens is 1. The highest BCUT2D eigenvalue weighted by molar-refractivity contribution is 6.34.